The summed E-state index contributed by atoms with van der Waals surface area (Å²) in [6.07, 6.45) is 4.56. The van der Waals surface area contributed by atoms with Gasteiger partial charge in [0, 0.05) is 21.6 Å². The fraction of sp³-hybridized carbons (Fsp3) is 0.312. The second-order valence-corrected chi connectivity index (χ2v) is 6.25. The molecule has 0 aliphatic heterocycles. The number of aryl methyl sites for hydroxylation is 2. The Morgan fingerprint density at radius 1 is 1.29 bits per heavy atom. The molecule has 3 nitrogen and oxygen atoms in total. The lowest BCUT2D eigenvalue weighted by atomic mass is 9.95. The van der Waals surface area contributed by atoms with E-state index in [1.165, 1.54) is 23.3 Å². The van der Waals surface area contributed by atoms with Gasteiger partial charge in [0.25, 0.3) is 5.91 Å². The van der Waals surface area contributed by atoms with Crippen LogP contribution in [0.15, 0.2) is 23.6 Å². The van der Waals surface area contributed by atoms with Crippen molar-refractivity contribution >= 4 is 41.0 Å². The van der Waals surface area contributed by atoms with Gasteiger partial charge >= 0.3 is 0 Å². The number of amides is 1. The smallest absolute Gasteiger partial charge is 0.256 e. The minimum atomic E-state index is -0.0156. The Morgan fingerprint density at radius 3 is 2.86 bits per heavy atom. The molecule has 1 aliphatic rings. The van der Waals surface area contributed by atoms with Crippen molar-refractivity contribution in [2.45, 2.75) is 32.6 Å². The fourth-order valence-corrected chi connectivity index (χ4v) is 3.77. The number of hydrogen-bond acceptors (Lipinski definition) is 3. The summed E-state index contributed by atoms with van der Waals surface area (Å²) in [5.74, 6) is -0.0156. The summed E-state index contributed by atoms with van der Waals surface area (Å²) in [4.78, 5) is 13.8. The van der Waals surface area contributed by atoms with E-state index in [9.17, 15) is 4.79 Å². The zero-order valence-electron chi connectivity index (χ0n) is 11.9. The van der Waals surface area contributed by atoms with E-state index in [-0.39, 0.29) is 18.3 Å². The molecule has 0 radical (unpaired) electrons. The van der Waals surface area contributed by atoms with Gasteiger partial charge in [-0.05, 0) is 55.9 Å². The first-order valence-corrected chi connectivity index (χ1v) is 7.80. The third-order valence-corrected chi connectivity index (χ3v) is 4.90. The maximum absolute atomic E-state index is 12.5. The van der Waals surface area contributed by atoms with Crippen LogP contribution in [-0.2, 0) is 12.8 Å². The zero-order valence-corrected chi connectivity index (χ0v) is 13.6. The Bertz CT molecular complexity index is 666. The van der Waals surface area contributed by atoms with Crippen molar-refractivity contribution in [3.8, 4) is 0 Å². The lowest BCUT2D eigenvalue weighted by molar-refractivity contribution is 0.102. The second-order valence-electron chi connectivity index (χ2n) is 5.29. The summed E-state index contributed by atoms with van der Waals surface area (Å²) in [5, 5.41) is 4.98. The summed E-state index contributed by atoms with van der Waals surface area (Å²) in [6.45, 7) is 1.97. The summed E-state index contributed by atoms with van der Waals surface area (Å²) in [7, 11) is 0. The molecule has 2 aromatic rings. The van der Waals surface area contributed by atoms with Crippen LogP contribution in [0, 0.1) is 6.92 Å². The van der Waals surface area contributed by atoms with Gasteiger partial charge in [0.15, 0.2) is 0 Å². The van der Waals surface area contributed by atoms with Crippen LogP contribution in [-0.4, -0.2) is 5.91 Å². The molecule has 0 saturated heterocycles. The van der Waals surface area contributed by atoms with Crippen LogP contribution in [0.4, 0.5) is 11.4 Å². The van der Waals surface area contributed by atoms with Crippen molar-refractivity contribution in [3.63, 3.8) is 0 Å². The Kier molecular flexibility index (Phi) is 4.91. The van der Waals surface area contributed by atoms with Crippen molar-refractivity contribution in [1.29, 1.82) is 0 Å². The van der Waals surface area contributed by atoms with Gasteiger partial charge in [-0.15, -0.1) is 23.7 Å². The number of rotatable bonds is 2. The van der Waals surface area contributed by atoms with Crippen molar-refractivity contribution in [2.75, 3.05) is 11.1 Å². The highest BCUT2D eigenvalue weighted by atomic mass is 35.5. The van der Waals surface area contributed by atoms with Gasteiger partial charge < -0.3 is 11.1 Å². The van der Waals surface area contributed by atoms with Crippen molar-refractivity contribution in [3.05, 3.63) is 45.1 Å². The lowest BCUT2D eigenvalue weighted by Crippen LogP contribution is -2.15. The minimum Gasteiger partial charge on any atom is -0.399 e. The first-order chi connectivity index (χ1) is 9.65. The molecule has 1 aliphatic carbocycles. The summed E-state index contributed by atoms with van der Waals surface area (Å²) >= 11 is 1.71. The number of benzene rings is 1. The van der Waals surface area contributed by atoms with Crippen molar-refractivity contribution in [1.82, 2.24) is 0 Å². The van der Waals surface area contributed by atoms with Gasteiger partial charge in [0.1, 0.15) is 0 Å². The van der Waals surface area contributed by atoms with Crippen LogP contribution in [0.3, 0.4) is 0 Å². The van der Waals surface area contributed by atoms with E-state index in [1.807, 2.05) is 30.5 Å². The van der Waals surface area contributed by atoms with Crippen LogP contribution >= 0.6 is 23.7 Å². The van der Waals surface area contributed by atoms with Gasteiger partial charge in [-0.2, -0.15) is 0 Å². The molecule has 0 unspecified atom stereocenters. The quantitative estimate of drug-likeness (QED) is 0.814. The number of anilines is 2. The van der Waals surface area contributed by atoms with Gasteiger partial charge in [-0.25, -0.2) is 0 Å². The lowest BCUT2D eigenvalue weighted by Gasteiger charge is -2.13. The largest absolute Gasteiger partial charge is 0.399 e. The highest BCUT2D eigenvalue weighted by molar-refractivity contribution is 7.10. The van der Waals surface area contributed by atoms with E-state index in [2.05, 4.69) is 5.32 Å². The number of nitrogens with one attached hydrogen (secondary N) is 1. The molecule has 0 saturated carbocycles. The minimum absolute atomic E-state index is 0. The monoisotopic (exact) mass is 322 g/mol. The average molecular weight is 323 g/mol. The van der Waals surface area contributed by atoms with Crippen LogP contribution in [0.5, 0.6) is 0 Å². The molecule has 3 N–H and O–H groups in total. The first-order valence-electron chi connectivity index (χ1n) is 6.92. The Balaban J connectivity index is 0.00000161. The van der Waals surface area contributed by atoms with E-state index in [0.717, 1.165) is 29.7 Å². The number of hydrogen-bond donors (Lipinski definition) is 2. The van der Waals surface area contributed by atoms with Gasteiger partial charge in [0.2, 0.25) is 0 Å². The van der Waals surface area contributed by atoms with Gasteiger partial charge in [-0.3, -0.25) is 4.79 Å². The number of halogens is 1. The highest BCUT2D eigenvalue weighted by Crippen LogP contribution is 2.31. The molecular weight excluding hydrogens is 304 g/mol. The number of fused-ring (bicyclic) bond motifs is 1. The number of carbonyl (C=O) groups excluding carboxylic acids is 1. The van der Waals surface area contributed by atoms with E-state index in [0.29, 0.717) is 5.69 Å². The number of nitrogen functional groups attached to an aromatic ring is 1. The summed E-state index contributed by atoms with van der Waals surface area (Å²) in [6, 6.07) is 5.58. The van der Waals surface area contributed by atoms with Crippen molar-refractivity contribution in [2.24, 2.45) is 0 Å². The topological polar surface area (TPSA) is 55.1 Å². The Labute approximate surface area is 135 Å². The predicted molar refractivity (Wildman–Crippen MR) is 91.8 cm³/mol. The maximum atomic E-state index is 12.5. The first kappa shape index (κ1) is 15.9. The standard InChI is InChI=1S/C16H18N2OS.ClH/c1-10-6-7-11(17)8-14(10)18-16(19)13-9-20-15-5-3-2-4-12(13)15;/h6-9H,2-5,17H2,1H3,(H,18,19);1H. The number of carbonyl (C=O) groups is 1. The van der Waals surface area contributed by atoms with E-state index in [4.69, 9.17) is 5.73 Å². The molecule has 3 rings (SSSR count). The van der Waals surface area contributed by atoms with Crippen LogP contribution in [0.1, 0.15) is 39.2 Å². The molecule has 1 aromatic heterocycles. The molecule has 1 amide bonds. The van der Waals surface area contributed by atoms with Gasteiger partial charge in [-0.1, -0.05) is 6.07 Å². The predicted octanol–water partition coefficient (Wildman–Crippen LogP) is 4.19. The SMILES string of the molecule is Cc1ccc(N)cc1NC(=O)c1csc2c1CCCC2.Cl. The summed E-state index contributed by atoms with van der Waals surface area (Å²) < 4.78 is 0. The average Bonchev–Trinajstić information content (AvgIpc) is 2.87. The molecule has 0 fully saturated rings. The third kappa shape index (κ3) is 3.22. The molecule has 0 spiro atoms. The highest BCUT2D eigenvalue weighted by Gasteiger charge is 2.20. The fourth-order valence-electron chi connectivity index (χ4n) is 2.65. The summed E-state index contributed by atoms with van der Waals surface area (Å²) in [5.41, 5.74) is 10.4. The van der Waals surface area contributed by atoms with E-state index in [1.54, 1.807) is 11.3 Å². The molecule has 21 heavy (non-hydrogen) atoms. The molecule has 1 aromatic carbocycles. The molecule has 5 heteroatoms. The molecular formula is C16H19ClN2OS. The normalized spacial score (nSPS) is 13.2. The molecule has 0 atom stereocenters. The number of nitrogens with two attached hydrogens (primary N) is 1. The van der Waals surface area contributed by atoms with Crippen molar-refractivity contribution < 1.29 is 4.79 Å². The molecule has 112 valence electrons. The molecule has 1 heterocycles. The van der Waals surface area contributed by atoms with E-state index < -0.39 is 0 Å². The second kappa shape index (κ2) is 6.50. The Morgan fingerprint density at radius 2 is 2.05 bits per heavy atom. The van der Waals surface area contributed by atoms with Crippen LogP contribution < -0.4 is 11.1 Å². The molecule has 0 bridgehead atoms. The Hall–Kier alpha value is -1.52. The number of thiophene rings is 1. The zero-order chi connectivity index (χ0) is 14.1. The van der Waals surface area contributed by atoms with Crippen LogP contribution in [0.25, 0.3) is 0 Å². The van der Waals surface area contributed by atoms with E-state index >= 15 is 0 Å². The maximum Gasteiger partial charge on any atom is 0.256 e. The van der Waals surface area contributed by atoms with Crippen LogP contribution in [0.2, 0.25) is 0 Å². The van der Waals surface area contributed by atoms with Gasteiger partial charge in [0.05, 0.1) is 5.56 Å². The third-order valence-electron chi connectivity index (χ3n) is 3.82.